The summed E-state index contributed by atoms with van der Waals surface area (Å²) in [5.41, 5.74) is 0. The molecule has 0 fully saturated rings. The van der Waals surface area contributed by atoms with Crippen LogP contribution < -0.4 is 34.3 Å². The molecule has 0 saturated carbocycles. The van der Waals surface area contributed by atoms with Gasteiger partial charge in [0, 0.05) is 0 Å². The van der Waals surface area contributed by atoms with Gasteiger partial charge in [0.1, 0.15) is 5.75 Å². The first kappa shape index (κ1) is 12.1. The van der Waals surface area contributed by atoms with Gasteiger partial charge in [0.05, 0.1) is 12.0 Å². The van der Waals surface area contributed by atoms with Crippen molar-refractivity contribution in [3.05, 3.63) is 24.3 Å². The standard InChI is InChI=1S/C7H8O3S.Na.H/c1-10-6-2-4-7(5-3-6)11(8)9;;/h2-5H,1H3,(H,8,9);;/q;+1;-1. The second-order valence-corrected chi connectivity index (χ2v) is 2.89. The van der Waals surface area contributed by atoms with E-state index in [2.05, 4.69) is 0 Å². The summed E-state index contributed by atoms with van der Waals surface area (Å²) in [4.78, 5) is 0.380. The monoisotopic (exact) mass is 196 g/mol. The van der Waals surface area contributed by atoms with E-state index in [1.54, 1.807) is 31.4 Å². The predicted molar refractivity (Wildman–Crippen MR) is 43.1 cm³/mol. The van der Waals surface area contributed by atoms with Crippen LogP contribution in [0.2, 0.25) is 0 Å². The Kier molecular flexibility index (Phi) is 5.78. The molecular formula is C7H9NaO3S. The van der Waals surface area contributed by atoms with Crippen molar-refractivity contribution < 1.29 is 44.5 Å². The summed E-state index contributed by atoms with van der Waals surface area (Å²) >= 11 is -1.89. The first-order valence-electron chi connectivity index (χ1n) is 2.99. The molecule has 0 aromatic heterocycles. The van der Waals surface area contributed by atoms with Gasteiger partial charge in [-0.15, -0.1) is 0 Å². The van der Waals surface area contributed by atoms with Crippen molar-refractivity contribution in [1.29, 1.82) is 0 Å². The summed E-state index contributed by atoms with van der Waals surface area (Å²) < 4.78 is 24.0. The fourth-order valence-electron chi connectivity index (χ4n) is 0.692. The largest absolute Gasteiger partial charge is 1.00 e. The second kappa shape index (κ2) is 5.72. The van der Waals surface area contributed by atoms with Crippen molar-refractivity contribution in [2.75, 3.05) is 7.11 Å². The molecule has 0 bridgehead atoms. The molecule has 0 amide bonds. The Morgan fingerprint density at radius 2 is 1.92 bits per heavy atom. The summed E-state index contributed by atoms with van der Waals surface area (Å²) in [6.07, 6.45) is 0. The SMILES string of the molecule is COc1ccc(S(=O)O)cc1.[H-].[Na+]. The van der Waals surface area contributed by atoms with E-state index in [-0.39, 0.29) is 31.0 Å². The Morgan fingerprint density at radius 1 is 1.42 bits per heavy atom. The summed E-state index contributed by atoms with van der Waals surface area (Å²) in [7, 11) is 1.55. The van der Waals surface area contributed by atoms with Crippen molar-refractivity contribution in [2.24, 2.45) is 0 Å². The predicted octanol–water partition coefficient (Wildman–Crippen LogP) is -1.61. The number of rotatable bonds is 2. The minimum atomic E-state index is -1.89. The van der Waals surface area contributed by atoms with Crippen LogP contribution in [0.25, 0.3) is 0 Å². The van der Waals surface area contributed by atoms with Gasteiger partial charge in [0.2, 0.25) is 0 Å². The molecule has 0 spiro atoms. The van der Waals surface area contributed by atoms with Crippen molar-refractivity contribution in [3.63, 3.8) is 0 Å². The van der Waals surface area contributed by atoms with Crippen molar-refractivity contribution in [2.45, 2.75) is 4.90 Å². The molecule has 1 rings (SSSR count). The van der Waals surface area contributed by atoms with Gasteiger partial charge >= 0.3 is 29.6 Å². The Balaban J connectivity index is 0. The number of hydrogen-bond donors (Lipinski definition) is 1. The van der Waals surface area contributed by atoms with Gasteiger partial charge in [-0.1, -0.05) is 0 Å². The van der Waals surface area contributed by atoms with Crippen LogP contribution in [0.4, 0.5) is 0 Å². The molecule has 0 saturated heterocycles. The minimum absolute atomic E-state index is 0. The Hall–Kier alpha value is 0.130. The van der Waals surface area contributed by atoms with Crippen LogP contribution in [0, 0.1) is 0 Å². The summed E-state index contributed by atoms with van der Waals surface area (Å²) in [6, 6.07) is 6.39. The summed E-state index contributed by atoms with van der Waals surface area (Å²) in [5, 5.41) is 0. The maximum Gasteiger partial charge on any atom is 1.00 e. The molecule has 5 heteroatoms. The Morgan fingerprint density at radius 3 is 2.25 bits per heavy atom. The van der Waals surface area contributed by atoms with Gasteiger partial charge in [-0.25, -0.2) is 4.21 Å². The smallest absolute Gasteiger partial charge is 1.00 e. The molecule has 12 heavy (non-hydrogen) atoms. The molecule has 1 atom stereocenters. The third kappa shape index (κ3) is 3.25. The Labute approximate surface area is 97.2 Å². The van der Waals surface area contributed by atoms with Crippen LogP contribution in [-0.4, -0.2) is 15.9 Å². The molecule has 0 aliphatic rings. The van der Waals surface area contributed by atoms with E-state index in [1.165, 1.54) is 0 Å². The fourth-order valence-corrected chi connectivity index (χ4v) is 1.06. The van der Waals surface area contributed by atoms with Crippen LogP contribution in [0.3, 0.4) is 0 Å². The first-order valence-corrected chi connectivity index (χ1v) is 4.09. The molecule has 1 aromatic carbocycles. The van der Waals surface area contributed by atoms with Gasteiger partial charge in [-0.2, -0.15) is 0 Å². The first-order chi connectivity index (χ1) is 5.24. The van der Waals surface area contributed by atoms with Gasteiger partial charge in [-0.05, 0) is 24.3 Å². The summed E-state index contributed by atoms with van der Waals surface area (Å²) in [5.74, 6) is 0.680. The molecule has 1 aromatic rings. The van der Waals surface area contributed by atoms with Crippen molar-refractivity contribution >= 4 is 11.1 Å². The topological polar surface area (TPSA) is 46.5 Å². The van der Waals surface area contributed by atoms with Gasteiger partial charge in [-0.3, -0.25) is 0 Å². The molecule has 1 unspecified atom stereocenters. The van der Waals surface area contributed by atoms with Crippen molar-refractivity contribution in [1.82, 2.24) is 0 Å². The zero-order valence-corrected chi connectivity index (χ0v) is 9.80. The Bertz CT molecular complexity index is 265. The van der Waals surface area contributed by atoms with Crippen molar-refractivity contribution in [3.8, 4) is 5.75 Å². The van der Waals surface area contributed by atoms with Gasteiger partial charge in [0.25, 0.3) is 0 Å². The van der Waals surface area contributed by atoms with Crippen LogP contribution >= 0.6 is 0 Å². The molecule has 0 aliphatic heterocycles. The molecule has 0 heterocycles. The van der Waals surface area contributed by atoms with E-state index in [0.29, 0.717) is 10.6 Å². The van der Waals surface area contributed by atoms with E-state index in [1.807, 2.05) is 0 Å². The zero-order valence-electron chi connectivity index (χ0n) is 7.98. The van der Waals surface area contributed by atoms with E-state index < -0.39 is 11.1 Å². The summed E-state index contributed by atoms with van der Waals surface area (Å²) in [6.45, 7) is 0. The zero-order chi connectivity index (χ0) is 8.27. The molecule has 1 N–H and O–H groups in total. The molecule has 3 nitrogen and oxygen atoms in total. The average molecular weight is 196 g/mol. The van der Waals surface area contributed by atoms with Crippen LogP contribution in [-0.2, 0) is 11.1 Å². The molecule has 0 radical (unpaired) electrons. The van der Waals surface area contributed by atoms with Crippen LogP contribution in [0.1, 0.15) is 1.43 Å². The molecular weight excluding hydrogens is 187 g/mol. The number of methoxy groups -OCH3 is 1. The van der Waals surface area contributed by atoms with Crippen LogP contribution in [0.15, 0.2) is 29.2 Å². The average Bonchev–Trinajstić information content (AvgIpc) is 2.05. The fraction of sp³-hybridized carbons (Fsp3) is 0.143. The minimum Gasteiger partial charge on any atom is -1.00 e. The van der Waals surface area contributed by atoms with E-state index in [9.17, 15) is 4.21 Å². The molecule has 0 aliphatic carbocycles. The van der Waals surface area contributed by atoms with E-state index in [4.69, 9.17) is 9.29 Å². The maximum absolute atomic E-state index is 10.5. The van der Waals surface area contributed by atoms with E-state index in [0.717, 1.165) is 0 Å². The third-order valence-electron chi connectivity index (χ3n) is 1.26. The number of hydrogen-bond acceptors (Lipinski definition) is 2. The second-order valence-electron chi connectivity index (χ2n) is 1.92. The van der Waals surface area contributed by atoms with Gasteiger partial charge < -0.3 is 10.7 Å². The number of benzene rings is 1. The maximum atomic E-state index is 10.5. The van der Waals surface area contributed by atoms with Gasteiger partial charge in [0.15, 0.2) is 11.1 Å². The number of ether oxygens (including phenoxy) is 1. The normalized spacial score (nSPS) is 11.5. The van der Waals surface area contributed by atoms with Crippen LogP contribution in [0.5, 0.6) is 5.75 Å². The van der Waals surface area contributed by atoms with E-state index >= 15 is 0 Å². The quantitative estimate of drug-likeness (QED) is 0.457. The third-order valence-corrected chi connectivity index (χ3v) is 1.94. The molecule has 62 valence electrons.